The third-order valence-electron chi connectivity index (χ3n) is 4.63. The number of rotatable bonds is 8. The summed E-state index contributed by atoms with van der Waals surface area (Å²) >= 11 is 0. The lowest BCUT2D eigenvalue weighted by molar-refractivity contribution is -0.147. The molecule has 1 aliphatic rings. The van der Waals surface area contributed by atoms with Crippen molar-refractivity contribution in [1.82, 2.24) is 9.62 Å². The topological polar surface area (TPSA) is 113 Å². The molecule has 150 valence electrons. The number of carbonyl (C=O) groups is 2. The van der Waals surface area contributed by atoms with Crippen LogP contribution in [-0.2, 0) is 19.6 Å². The van der Waals surface area contributed by atoms with Crippen LogP contribution in [0.4, 0.5) is 0 Å². The van der Waals surface area contributed by atoms with E-state index < -0.39 is 21.9 Å². The van der Waals surface area contributed by atoms with Gasteiger partial charge in [0, 0.05) is 25.6 Å². The van der Waals surface area contributed by atoms with Gasteiger partial charge >= 0.3 is 5.97 Å². The van der Waals surface area contributed by atoms with Crippen LogP contribution in [0.5, 0.6) is 5.75 Å². The predicted octanol–water partition coefficient (Wildman–Crippen LogP) is 1.47. The highest BCUT2D eigenvalue weighted by Gasteiger charge is 2.32. The molecule has 1 aromatic rings. The largest absolute Gasteiger partial charge is 0.494 e. The van der Waals surface area contributed by atoms with Gasteiger partial charge in [-0.05, 0) is 51.0 Å². The smallest absolute Gasteiger partial charge is 0.308 e. The van der Waals surface area contributed by atoms with Crippen molar-refractivity contribution in [3.63, 3.8) is 0 Å². The number of carbonyl (C=O) groups excluding carboxylic acids is 1. The summed E-state index contributed by atoms with van der Waals surface area (Å²) in [5.41, 5.74) is 0. The number of aliphatic carboxylic acids is 1. The average molecular weight is 398 g/mol. The van der Waals surface area contributed by atoms with Crippen molar-refractivity contribution in [2.24, 2.45) is 5.92 Å². The number of carboxylic acids is 1. The Hall–Kier alpha value is -2.13. The van der Waals surface area contributed by atoms with Crippen molar-refractivity contribution in [2.45, 2.75) is 44.0 Å². The molecule has 0 saturated carbocycles. The summed E-state index contributed by atoms with van der Waals surface area (Å²) in [6.45, 7) is 4.32. The maximum Gasteiger partial charge on any atom is 0.308 e. The first-order valence-electron chi connectivity index (χ1n) is 8.99. The van der Waals surface area contributed by atoms with Crippen molar-refractivity contribution in [2.75, 3.05) is 19.7 Å². The number of hydrogen-bond donors (Lipinski definition) is 2. The van der Waals surface area contributed by atoms with E-state index in [1.54, 1.807) is 12.1 Å². The minimum absolute atomic E-state index is 0.0209. The molecule has 0 spiro atoms. The fraction of sp³-hybridized carbons (Fsp3) is 0.556. The van der Waals surface area contributed by atoms with Crippen LogP contribution in [0, 0.1) is 5.92 Å². The molecule has 1 aliphatic heterocycles. The van der Waals surface area contributed by atoms with Crippen LogP contribution in [0.1, 0.15) is 33.1 Å². The SMILES string of the molecule is CCOc1ccc(S(=O)(=O)NCCC(=O)N2CC(C(=O)O)CCC2C)cc1. The number of benzene rings is 1. The molecule has 9 heteroatoms. The number of likely N-dealkylation sites (tertiary alicyclic amines) is 1. The zero-order chi connectivity index (χ0) is 20.0. The van der Waals surface area contributed by atoms with E-state index in [1.165, 1.54) is 17.0 Å². The van der Waals surface area contributed by atoms with Gasteiger partial charge in [0.05, 0.1) is 17.4 Å². The second-order valence-electron chi connectivity index (χ2n) is 6.56. The fourth-order valence-corrected chi connectivity index (χ4v) is 4.09. The number of piperidine rings is 1. The molecule has 8 nitrogen and oxygen atoms in total. The molecule has 1 aromatic carbocycles. The van der Waals surface area contributed by atoms with E-state index in [0.717, 1.165) is 0 Å². The highest BCUT2D eigenvalue weighted by Crippen LogP contribution is 2.23. The van der Waals surface area contributed by atoms with E-state index >= 15 is 0 Å². The second kappa shape index (κ2) is 9.18. The monoisotopic (exact) mass is 398 g/mol. The first-order valence-corrected chi connectivity index (χ1v) is 10.5. The number of carboxylic acid groups (broad SMARTS) is 1. The quantitative estimate of drug-likeness (QED) is 0.686. The van der Waals surface area contributed by atoms with Gasteiger partial charge in [0.25, 0.3) is 0 Å². The minimum atomic E-state index is -3.73. The lowest BCUT2D eigenvalue weighted by Crippen LogP contribution is -2.48. The Kier molecular flexibility index (Phi) is 7.20. The summed E-state index contributed by atoms with van der Waals surface area (Å²) in [7, 11) is -3.73. The highest BCUT2D eigenvalue weighted by molar-refractivity contribution is 7.89. The number of hydrogen-bond acceptors (Lipinski definition) is 5. The fourth-order valence-electron chi connectivity index (χ4n) is 3.06. The van der Waals surface area contributed by atoms with E-state index in [4.69, 9.17) is 9.84 Å². The van der Waals surface area contributed by atoms with Crippen LogP contribution in [0.2, 0.25) is 0 Å². The van der Waals surface area contributed by atoms with Crippen LogP contribution in [0.25, 0.3) is 0 Å². The number of amides is 1. The molecule has 0 radical (unpaired) electrons. The Morgan fingerprint density at radius 3 is 2.52 bits per heavy atom. The molecule has 2 unspecified atom stereocenters. The standard InChI is InChI=1S/C18H26N2O6S/c1-3-26-15-6-8-16(9-7-15)27(24,25)19-11-10-17(21)20-12-14(18(22)23)5-4-13(20)2/h6-9,13-14,19H,3-5,10-12H2,1-2H3,(H,22,23). The van der Waals surface area contributed by atoms with E-state index in [1.807, 2.05) is 13.8 Å². The zero-order valence-corrected chi connectivity index (χ0v) is 16.4. The first-order chi connectivity index (χ1) is 12.7. The molecule has 0 bridgehead atoms. The summed E-state index contributed by atoms with van der Waals surface area (Å²) in [5.74, 6) is -1.14. The molecular formula is C18H26N2O6S. The van der Waals surface area contributed by atoms with Gasteiger partial charge in [0.2, 0.25) is 15.9 Å². The molecule has 27 heavy (non-hydrogen) atoms. The molecule has 1 fully saturated rings. The van der Waals surface area contributed by atoms with Crippen LogP contribution in [-0.4, -0.2) is 56.0 Å². The lowest BCUT2D eigenvalue weighted by Gasteiger charge is -2.36. The predicted molar refractivity (Wildman–Crippen MR) is 99.0 cm³/mol. The highest BCUT2D eigenvalue weighted by atomic mass is 32.2. The summed E-state index contributed by atoms with van der Waals surface area (Å²) in [6.07, 6.45) is 1.15. The van der Waals surface area contributed by atoms with Crippen molar-refractivity contribution in [3.05, 3.63) is 24.3 Å². The van der Waals surface area contributed by atoms with Crippen molar-refractivity contribution in [3.8, 4) is 5.75 Å². The van der Waals surface area contributed by atoms with Crippen molar-refractivity contribution in [1.29, 1.82) is 0 Å². The Morgan fingerprint density at radius 2 is 1.93 bits per heavy atom. The van der Waals surface area contributed by atoms with Crippen molar-refractivity contribution >= 4 is 21.9 Å². The van der Waals surface area contributed by atoms with Gasteiger partial charge < -0.3 is 14.7 Å². The van der Waals surface area contributed by atoms with E-state index in [9.17, 15) is 18.0 Å². The molecule has 1 saturated heterocycles. The Balaban J connectivity index is 1.90. The minimum Gasteiger partial charge on any atom is -0.494 e. The molecule has 1 heterocycles. The van der Waals surface area contributed by atoms with E-state index in [2.05, 4.69) is 4.72 Å². The molecule has 1 amide bonds. The number of ether oxygens (including phenoxy) is 1. The number of sulfonamides is 1. The summed E-state index contributed by atoms with van der Waals surface area (Å²) < 4.78 is 32.3. The summed E-state index contributed by atoms with van der Waals surface area (Å²) in [6, 6.07) is 5.99. The van der Waals surface area contributed by atoms with E-state index in [-0.39, 0.29) is 36.4 Å². The average Bonchev–Trinajstić information content (AvgIpc) is 2.62. The molecular weight excluding hydrogens is 372 g/mol. The molecule has 2 atom stereocenters. The molecule has 0 aromatic heterocycles. The molecule has 2 N–H and O–H groups in total. The zero-order valence-electron chi connectivity index (χ0n) is 15.6. The normalized spacial score (nSPS) is 20.3. The third kappa shape index (κ3) is 5.67. The van der Waals surface area contributed by atoms with Gasteiger partial charge in [-0.15, -0.1) is 0 Å². The summed E-state index contributed by atoms with van der Waals surface area (Å²) in [5, 5.41) is 9.15. The maximum absolute atomic E-state index is 12.4. The lowest BCUT2D eigenvalue weighted by atomic mass is 9.93. The molecule has 0 aliphatic carbocycles. The Labute approximate surface area is 159 Å². The van der Waals surface area contributed by atoms with Gasteiger partial charge in [-0.2, -0.15) is 0 Å². The van der Waals surface area contributed by atoms with Crippen LogP contribution >= 0.6 is 0 Å². The van der Waals surface area contributed by atoms with Gasteiger partial charge in [0.1, 0.15) is 5.75 Å². The van der Waals surface area contributed by atoms with Gasteiger partial charge in [0.15, 0.2) is 0 Å². The first kappa shape index (κ1) is 21.2. The van der Waals surface area contributed by atoms with Crippen LogP contribution < -0.4 is 9.46 Å². The van der Waals surface area contributed by atoms with Gasteiger partial charge in [-0.3, -0.25) is 9.59 Å². The maximum atomic E-state index is 12.4. The van der Waals surface area contributed by atoms with Gasteiger partial charge in [-0.25, -0.2) is 13.1 Å². The van der Waals surface area contributed by atoms with Crippen LogP contribution in [0.15, 0.2) is 29.2 Å². The third-order valence-corrected chi connectivity index (χ3v) is 6.10. The molecule has 2 rings (SSSR count). The van der Waals surface area contributed by atoms with Crippen LogP contribution in [0.3, 0.4) is 0 Å². The Bertz CT molecular complexity index is 763. The van der Waals surface area contributed by atoms with Crippen molar-refractivity contribution < 1.29 is 27.9 Å². The van der Waals surface area contributed by atoms with E-state index in [0.29, 0.717) is 25.2 Å². The number of nitrogens with one attached hydrogen (secondary N) is 1. The number of nitrogens with zero attached hydrogens (tertiary/aromatic N) is 1. The summed E-state index contributed by atoms with van der Waals surface area (Å²) in [4.78, 5) is 25.2. The van der Waals surface area contributed by atoms with Gasteiger partial charge in [-0.1, -0.05) is 0 Å². The second-order valence-corrected chi connectivity index (χ2v) is 8.33. The Morgan fingerprint density at radius 1 is 1.26 bits per heavy atom.